The highest BCUT2D eigenvalue weighted by molar-refractivity contribution is 5.66. The Labute approximate surface area is 136 Å². The maximum atomic E-state index is 10.7. The van der Waals surface area contributed by atoms with Crippen LogP contribution in [-0.2, 0) is 11.3 Å². The Kier molecular flexibility index (Phi) is 5.08. The fourth-order valence-corrected chi connectivity index (χ4v) is 3.34. The summed E-state index contributed by atoms with van der Waals surface area (Å²) >= 11 is 0. The maximum absolute atomic E-state index is 10.7. The summed E-state index contributed by atoms with van der Waals surface area (Å²) in [5.41, 5.74) is 2.35. The first kappa shape index (κ1) is 15.7. The van der Waals surface area contributed by atoms with Crippen LogP contribution in [0.5, 0.6) is 0 Å². The summed E-state index contributed by atoms with van der Waals surface area (Å²) in [6.07, 6.45) is 7.11. The average Bonchev–Trinajstić information content (AvgIpc) is 3.08. The van der Waals surface area contributed by atoms with E-state index in [2.05, 4.69) is 34.3 Å². The van der Waals surface area contributed by atoms with Gasteiger partial charge in [-0.2, -0.15) is 5.10 Å². The minimum absolute atomic E-state index is 0.285. The highest BCUT2D eigenvalue weighted by Crippen LogP contribution is 2.23. The van der Waals surface area contributed by atoms with Crippen molar-refractivity contribution in [3.63, 3.8) is 0 Å². The molecule has 1 fully saturated rings. The Hall–Kier alpha value is -2.14. The third kappa shape index (κ3) is 4.42. The van der Waals surface area contributed by atoms with Gasteiger partial charge in [0.1, 0.15) is 0 Å². The van der Waals surface area contributed by atoms with Gasteiger partial charge in [-0.1, -0.05) is 12.1 Å². The number of benzene rings is 1. The number of aromatic nitrogens is 2. The van der Waals surface area contributed by atoms with Crippen molar-refractivity contribution in [2.75, 3.05) is 13.1 Å². The van der Waals surface area contributed by atoms with E-state index in [-0.39, 0.29) is 6.42 Å². The van der Waals surface area contributed by atoms with Gasteiger partial charge in [0.15, 0.2) is 0 Å². The number of hydrogen-bond donors (Lipinski definition) is 1. The number of rotatable bonds is 6. The van der Waals surface area contributed by atoms with E-state index in [9.17, 15) is 4.79 Å². The van der Waals surface area contributed by atoms with Gasteiger partial charge in [-0.05, 0) is 55.5 Å². The first-order chi connectivity index (χ1) is 11.2. The molecule has 1 unspecified atom stereocenters. The molecule has 5 heteroatoms. The average molecular weight is 313 g/mol. The van der Waals surface area contributed by atoms with Crippen LogP contribution in [0.3, 0.4) is 0 Å². The van der Waals surface area contributed by atoms with E-state index in [4.69, 9.17) is 5.11 Å². The second kappa shape index (κ2) is 7.42. The van der Waals surface area contributed by atoms with Crippen molar-refractivity contribution >= 4 is 5.97 Å². The number of piperidine rings is 1. The molecule has 2 aromatic rings. The van der Waals surface area contributed by atoms with E-state index in [1.54, 1.807) is 6.20 Å². The summed E-state index contributed by atoms with van der Waals surface area (Å²) in [4.78, 5) is 13.2. The molecule has 23 heavy (non-hydrogen) atoms. The molecule has 1 aromatic carbocycles. The van der Waals surface area contributed by atoms with Crippen molar-refractivity contribution in [1.82, 2.24) is 14.7 Å². The summed E-state index contributed by atoms with van der Waals surface area (Å²) in [7, 11) is 0. The molecule has 1 aliphatic heterocycles. The zero-order valence-electron chi connectivity index (χ0n) is 13.3. The Morgan fingerprint density at radius 1 is 1.35 bits per heavy atom. The SMILES string of the molecule is O=C(O)CCC1CCCN(Cc2cccc(-n3cccn3)c2)C1. The summed E-state index contributed by atoms with van der Waals surface area (Å²) in [5, 5.41) is 13.1. The van der Waals surface area contributed by atoms with Crippen LogP contribution in [0.15, 0.2) is 42.7 Å². The highest BCUT2D eigenvalue weighted by atomic mass is 16.4. The molecule has 0 spiro atoms. The molecule has 0 saturated carbocycles. The van der Waals surface area contributed by atoms with Crippen molar-refractivity contribution < 1.29 is 9.90 Å². The number of carboxylic acid groups (broad SMARTS) is 1. The Morgan fingerprint density at radius 2 is 2.26 bits per heavy atom. The van der Waals surface area contributed by atoms with E-state index in [0.717, 1.165) is 44.6 Å². The van der Waals surface area contributed by atoms with Crippen LogP contribution >= 0.6 is 0 Å². The number of carbonyl (C=O) groups is 1. The van der Waals surface area contributed by atoms with E-state index < -0.39 is 5.97 Å². The van der Waals surface area contributed by atoms with Gasteiger partial charge in [-0.25, -0.2) is 4.68 Å². The second-order valence-corrected chi connectivity index (χ2v) is 6.30. The zero-order chi connectivity index (χ0) is 16.1. The molecule has 2 heterocycles. The largest absolute Gasteiger partial charge is 0.481 e. The molecule has 1 atom stereocenters. The van der Waals surface area contributed by atoms with Gasteiger partial charge in [0.2, 0.25) is 0 Å². The summed E-state index contributed by atoms with van der Waals surface area (Å²) in [6.45, 7) is 3.01. The molecular weight excluding hydrogens is 290 g/mol. The lowest BCUT2D eigenvalue weighted by Crippen LogP contribution is -2.35. The number of likely N-dealkylation sites (tertiary alicyclic amines) is 1. The van der Waals surface area contributed by atoms with Crippen molar-refractivity contribution in [3.05, 3.63) is 48.3 Å². The van der Waals surface area contributed by atoms with Gasteiger partial charge in [0.25, 0.3) is 0 Å². The van der Waals surface area contributed by atoms with Crippen LogP contribution in [0.1, 0.15) is 31.2 Å². The molecule has 3 rings (SSSR count). The predicted molar refractivity (Wildman–Crippen MR) is 88.4 cm³/mol. The van der Waals surface area contributed by atoms with Gasteiger partial charge in [-0.15, -0.1) is 0 Å². The maximum Gasteiger partial charge on any atom is 0.303 e. The molecule has 5 nitrogen and oxygen atoms in total. The lowest BCUT2D eigenvalue weighted by Gasteiger charge is -2.32. The summed E-state index contributed by atoms with van der Waals surface area (Å²) < 4.78 is 1.87. The van der Waals surface area contributed by atoms with Crippen LogP contribution in [0.4, 0.5) is 0 Å². The monoisotopic (exact) mass is 313 g/mol. The molecule has 0 bridgehead atoms. The van der Waals surface area contributed by atoms with E-state index in [1.807, 2.05) is 16.9 Å². The molecule has 1 aromatic heterocycles. The third-order valence-corrected chi connectivity index (χ3v) is 4.46. The lowest BCUT2D eigenvalue weighted by atomic mass is 9.93. The quantitative estimate of drug-likeness (QED) is 0.891. The first-order valence-corrected chi connectivity index (χ1v) is 8.24. The van der Waals surface area contributed by atoms with Gasteiger partial charge in [0.05, 0.1) is 5.69 Å². The summed E-state index contributed by atoms with van der Waals surface area (Å²) in [5.74, 6) is -0.178. The molecule has 0 aliphatic carbocycles. The standard InChI is InChI=1S/C18H23N3O2/c22-18(23)8-7-15-5-2-10-20(13-15)14-16-4-1-6-17(12-16)21-11-3-9-19-21/h1,3-4,6,9,11-12,15H,2,5,7-8,10,13-14H2,(H,22,23). The predicted octanol–water partition coefficient (Wildman–Crippen LogP) is 2.95. The van der Waals surface area contributed by atoms with Crippen molar-refractivity contribution in [1.29, 1.82) is 0 Å². The second-order valence-electron chi connectivity index (χ2n) is 6.30. The fraction of sp³-hybridized carbons (Fsp3) is 0.444. The van der Waals surface area contributed by atoms with Gasteiger partial charge < -0.3 is 5.11 Å². The number of nitrogens with zero attached hydrogens (tertiary/aromatic N) is 3. The van der Waals surface area contributed by atoms with Gasteiger partial charge in [0, 0.05) is 31.9 Å². The molecular formula is C18H23N3O2. The molecule has 0 amide bonds. The molecule has 1 N–H and O–H groups in total. The number of aliphatic carboxylic acids is 1. The summed E-state index contributed by atoms with van der Waals surface area (Å²) in [6, 6.07) is 10.4. The Bertz CT molecular complexity index is 639. The fourth-order valence-electron chi connectivity index (χ4n) is 3.34. The highest BCUT2D eigenvalue weighted by Gasteiger charge is 2.20. The lowest BCUT2D eigenvalue weighted by molar-refractivity contribution is -0.137. The van der Waals surface area contributed by atoms with E-state index in [1.165, 1.54) is 5.56 Å². The van der Waals surface area contributed by atoms with Crippen LogP contribution in [0.2, 0.25) is 0 Å². The van der Waals surface area contributed by atoms with Crippen LogP contribution in [-0.4, -0.2) is 38.8 Å². The van der Waals surface area contributed by atoms with Gasteiger partial charge in [-0.3, -0.25) is 9.69 Å². The molecule has 1 saturated heterocycles. The topological polar surface area (TPSA) is 58.4 Å². The minimum Gasteiger partial charge on any atom is -0.481 e. The van der Waals surface area contributed by atoms with Crippen molar-refractivity contribution in [2.45, 2.75) is 32.2 Å². The molecule has 1 aliphatic rings. The number of carboxylic acids is 1. The molecule has 0 radical (unpaired) electrons. The molecule has 122 valence electrons. The van der Waals surface area contributed by atoms with Crippen LogP contribution in [0, 0.1) is 5.92 Å². The van der Waals surface area contributed by atoms with Crippen LogP contribution < -0.4 is 0 Å². The van der Waals surface area contributed by atoms with E-state index >= 15 is 0 Å². The third-order valence-electron chi connectivity index (χ3n) is 4.46. The van der Waals surface area contributed by atoms with Crippen molar-refractivity contribution in [2.24, 2.45) is 5.92 Å². The minimum atomic E-state index is -0.686. The van der Waals surface area contributed by atoms with Crippen LogP contribution in [0.25, 0.3) is 5.69 Å². The Balaban J connectivity index is 1.60. The van der Waals surface area contributed by atoms with E-state index in [0.29, 0.717) is 5.92 Å². The van der Waals surface area contributed by atoms with Gasteiger partial charge >= 0.3 is 5.97 Å². The number of hydrogen-bond acceptors (Lipinski definition) is 3. The first-order valence-electron chi connectivity index (χ1n) is 8.24. The smallest absolute Gasteiger partial charge is 0.303 e. The van der Waals surface area contributed by atoms with Crippen molar-refractivity contribution in [3.8, 4) is 5.69 Å². The zero-order valence-corrected chi connectivity index (χ0v) is 13.3. The Morgan fingerprint density at radius 3 is 3.04 bits per heavy atom. The normalized spacial score (nSPS) is 18.9.